The molecule has 0 atom stereocenters. The van der Waals surface area contributed by atoms with E-state index in [4.69, 9.17) is 11.6 Å². The fraction of sp³-hybridized carbons (Fsp3) is 0.261. The minimum atomic E-state index is -0.502. The molecule has 1 aliphatic heterocycles. The smallest absolute Gasteiger partial charge is 0.227 e. The van der Waals surface area contributed by atoms with E-state index in [1.165, 1.54) is 23.8 Å². The van der Waals surface area contributed by atoms with Gasteiger partial charge in [0.05, 0.1) is 10.7 Å². The van der Waals surface area contributed by atoms with E-state index in [0.29, 0.717) is 18.5 Å². The van der Waals surface area contributed by atoms with Crippen LogP contribution in [0.4, 0.5) is 15.9 Å². The molecule has 0 unspecified atom stereocenters. The lowest BCUT2D eigenvalue weighted by Gasteiger charge is -2.32. The Morgan fingerprint density at radius 1 is 1.10 bits per heavy atom. The Labute approximate surface area is 179 Å². The molecule has 1 amide bonds. The standard InChI is InChI=1S/C23H22ClFN4O/c1-15-2-4-16(5-3-15)21-13-22(27-14-26-21)29-10-8-17(9-11-29)23(30)28-18-6-7-20(25)19(24)12-18/h2-7,12-14,17H,8-11H2,1H3,(H,28,30). The van der Waals surface area contributed by atoms with Crippen LogP contribution in [0.5, 0.6) is 0 Å². The first-order chi connectivity index (χ1) is 14.5. The lowest BCUT2D eigenvalue weighted by atomic mass is 9.95. The van der Waals surface area contributed by atoms with E-state index < -0.39 is 5.82 Å². The van der Waals surface area contributed by atoms with Gasteiger partial charge in [0.1, 0.15) is 18.0 Å². The molecule has 0 saturated carbocycles. The van der Waals surface area contributed by atoms with Gasteiger partial charge in [0, 0.05) is 36.3 Å². The van der Waals surface area contributed by atoms with E-state index in [0.717, 1.165) is 30.2 Å². The highest BCUT2D eigenvalue weighted by atomic mass is 35.5. The number of benzene rings is 2. The van der Waals surface area contributed by atoms with Gasteiger partial charge in [-0.1, -0.05) is 41.4 Å². The predicted octanol–water partition coefficient (Wildman–Crippen LogP) is 5.10. The van der Waals surface area contributed by atoms with Crippen LogP contribution >= 0.6 is 11.6 Å². The van der Waals surface area contributed by atoms with Crippen molar-refractivity contribution in [1.29, 1.82) is 0 Å². The number of carbonyl (C=O) groups is 1. The Hall–Kier alpha value is -2.99. The molecule has 0 aliphatic carbocycles. The number of hydrogen-bond acceptors (Lipinski definition) is 4. The van der Waals surface area contributed by atoms with Crippen molar-refractivity contribution in [3.63, 3.8) is 0 Å². The first-order valence-corrected chi connectivity index (χ1v) is 10.3. The lowest BCUT2D eigenvalue weighted by Crippen LogP contribution is -2.38. The fourth-order valence-electron chi connectivity index (χ4n) is 3.59. The molecule has 1 fully saturated rings. The zero-order chi connectivity index (χ0) is 21.1. The molecule has 1 aromatic heterocycles. The van der Waals surface area contributed by atoms with Crippen molar-refractivity contribution in [3.8, 4) is 11.3 Å². The highest BCUT2D eigenvalue weighted by Gasteiger charge is 2.26. The van der Waals surface area contributed by atoms with E-state index in [-0.39, 0.29) is 16.8 Å². The number of rotatable bonds is 4. The van der Waals surface area contributed by atoms with Crippen molar-refractivity contribution < 1.29 is 9.18 Å². The van der Waals surface area contributed by atoms with Gasteiger partial charge in [-0.3, -0.25) is 4.79 Å². The van der Waals surface area contributed by atoms with E-state index >= 15 is 0 Å². The number of carbonyl (C=O) groups excluding carboxylic acids is 1. The van der Waals surface area contributed by atoms with Gasteiger partial charge in [0.2, 0.25) is 5.91 Å². The Morgan fingerprint density at radius 3 is 2.53 bits per heavy atom. The number of hydrogen-bond donors (Lipinski definition) is 1. The van der Waals surface area contributed by atoms with Crippen molar-refractivity contribution in [3.05, 3.63) is 71.3 Å². The van der Waals surface area contributed by atoms with Gasteiger partial charge in [-0.05, 0) is 38.0 Å². The van der Waals surface area contributed by atoms with Crippen molar-refractivity contribution in [2.75, 3.05) is 23.3 Å². The summed E-state index contributed by atoms with van der Waals surface area (Å²) in [4.78, 5) is 23.6. The second kappa shape index (κ2) is 8.79. The third-order valence-corrected chi connectivity index (χ3v) is 5.67. The van der Waals surface area contributed by atoms with Crippen LogP contribution in [0.1, 0.15) is 18.4 Å². The average molecular weight is 425 g/mol. The maximum atomic E-state index is 13.3. The minimum absolute atomic E-state index is 0.00392. The molecule has 4 rings (SSSR count). The molecule has 0 spiro atoms. The number of piperidine rings is 1. The first kappa shape index (κ1) is 20.3. The largest absolute Gasteiger partial charge is 0.356 e. The van der Waals surface area contributed by atoms with Crippen LogP contribution in [-0.4, -0.2) is 29.0 Å². The van der Waals surface area contributed by atoms with Crippen LogP contribution in [0, 0.1) is 18.7 Å². The summed E-state index contributed by atoms with van der Waals surface area (Å²) >= 11 is 5.79. The van der Waals surface area contributed by atoms with E-state index in [1.807, 2.05) is 6.07 Å². The molecule has 5 nitrogen and oxygen atoms in total. The predicted molar refractivity (Wildman–Crippen MR) is 117 cm³/mol. The number of aryl methyl sites for hydroxylation is 1. The molecule has 7 heteroatoms. The molecular weight excluding hydrogens is 403 g/mol. The molecule has 2 heterocycles. The van der Waals surface area contributed by atoms with Crippen molar-refractivity contribution in [2.24, 2.45) is 5.92 Å². The zero-order valence-electron chi connectivity index (χ0n) is 16.6. The number of anilines is 2. The van der Waals surface area contributed by atoms with Gasteiger partial charge in [-0.25, -0.2) is 14.4 Å². The second-order valence-corrected chi connectivity index (χ2v) is 7.91. The summed E-state index contributed by atoms with van der Waals surface area (Å²) in [6.07, 6.45) is 3.01. The SMILES string of the molecule is Cc1ccc(-c2cc(N3CCC(C(=O)Nc4ccc(F)c(Cl)c4)CC3)ncn2)cc1. The quantitative estimate of drug-likeness (QED) is 0.633. The average Bonchev–Trinajstić information content (AvgIpc) is 2.77. The molecule has 1 N–H and O–H groups in total. The van der Waals surface area contributed by atoms with Crippen LogP contribution in [0.15, 0.2) is 54.9 Å². The Kier molecular flexibility index (Phi) is 5.95. The highest BCUT2D eigenvalue weighted by molar-refractivity contribution is 6.31. The highest BCUT2D eigenvalue weighted by Crippen LogP contribution is 2.26. The summed E-state index contributed by atoms with van der Waals surface area (Å²) in [6, 6.07) is 14.4. The van der Waals surface area contributed by atoms with Crippen LogP contribution in [0.3, 0.4) is 0 Å². The summed E-state index contributed by atoms with van der Waals surface area (Å²) in [5, 5.41) is 2.83. The summed E-state index contributed by atoms with van der Waals surface area (Å²) in [7, 11) is 0. The van der Waals surface area contributed by atoms with Gasteiger partial charge >= 0.3 is 0 Å². The second-order valence-electron chi connectivity index (χ2n) is 7.51. The monoisotopic (exact) mass is 424 g/mol. The van der Waals surface area contributed by atoms with Crippen LogP contribution in [0.25, 0.3) is 11.3 Å². The zero-order valence-corrected chi connectivity index (χ0v) is 17.4. The molecular formula is C23H22ClFN4O. The molecule has 154 valence electrons. The third-order valence-electron chi connectivity index (χ3n) is 5.38. The number of nitrogens with one attached hydrogen (secondary N) is 1. The van der Waals surface area contributed by atoms with E-state index in [9.17, 15) is 9.18 Å². The van der Waals surface area contributed by atoms with Crippen molar-refractivity contribution in [1.82, 2.24) is 9.97 Å². The van der Waals surface area contributed by atoms with Crippen LogP contribution in [-0.2, 0) is 4.79 Å². The van der Waals surface area contributed by atoms with E-state index in [1.54, 1.807) is 6.33 Å². The molecule has 2 aromatic carbocycles. The summed E-state index contributed by atoms with van der Waals surface area (Å²) < 4.78 is 13.3. The Morgan fingerprint density at radius 2 is 1.83 bits per heavy atom. The minimum Gasteiger partial charge on any atom is -0.356 e. The van der Waals surface area contributed by atoms with Gasteiger partial charge < -0.3 is 10.2 Å². The van der Waals surface area contributed by atoms with Crippen molar-refractivity contribution >= 4 is 29.0 Å². The molecule has 1 aliphatic rings. The van der Waals surface area contributed by atoms with Gasteiger partial charge in [-0.15, -0.1) is 0 Å². The summed E-state index contributed by atoms with van der Waals surface area (Å²) in [6.45, 7) is 3.51. The lowest BCUT2D eigenvalue weighted by molar-refractivity contribution is -0.120. The van der Waals surface area contributed by atoms with E-state index in [2.05, 4.69) is 51.4 Å². The van der Waals surface area contributed by atoms with Crippen LogP contribution in [0.2, 0.25) is 5.02 Å². The number of halogens is 2. The molecule has 30 heavy (non-hydrogen) atoms. The number of amides is 1. The molecule has 0 bridgehead atoms. The molecule has 1 saturated heterocycles. The fourth-order valence-corrected chi connectivity index (χ4v) is 3.77. The van der Waals surface area contributed by atoms with Gasteiger partial charge in [0.15, 0.2) is 0 Å². The normalized spacial score (nSPS) is 14.6. The van der Waals surface area contributed by atoms with Gasteiger partial charge in [0.25, 0.3) is 0 Å². The maximum absolute atomic E-state index is 13.3. The third kappa shape index (κ3) is 4.60. The van der Waals surface area contributed by atoms with Crippen molar-refractivity contribution in [2.45, 2.75) is 19.8 Å². The Balaban J connectivity index is 1.38. The first-order valence-electron chi connectivity index (χ1n) is 9.89. The number of aromatic nitrogens is 2. The summed E-state index contributed by atoms with van der Waals surface area (Å²) in [5.41, 5.74) is 3.65. The topological polar surface area (TPSA) is 58.1 Å². The Bertz CT molecular complexity index is 1050. The molecule has 0 radical (unpaired) electrons. The number of nitrogens with zero attached hydrogens (tertiary/aromatic N) is 3. The summed E-state index contributed by atoms with van der Waals surface area (Å²) in [5.74, 6) is 0.187. The molecule has 3 aromatic rings. The van der Waals surface area contributed by atoms with Gasteiger partial charge in [-0.2, -0.15) is 0 Å². The maximum Gasteiger partial charge on any atom is 0.227 e. The van der Waals surface area contributed by atoms with Crippen LogP contribution < -0.4 is 10.2 Å².